The van der Waals surface area contributed by atoms with E-state index in [1.54, 1.807) is 19.1 Å². The molecular weight excluding hydrogens is 326 g/mol. The highest BCUT2D eigenvalue weighted by Gasteiger charge is 2.39. The van der Waals surface area contributed by atoms with Crippen LogP contribution in [0.2, 0.25) is 0 Å². The summed E-state index contributed by atoms with van der Waals surface area (Å²) >= 11 is 0. The van der Waals surface area contributed by atoms with E-state index in [0.717, 1.165) is 5.56 Å². The summed E-state index contributed by atoms with van der Waals surface area (Å²) in [6.07, 6.45) is 0. The summed E-state index contributed by atoms with van der Waals surface area (Å²) in [6, 6.07) is 16.8. The lowest BCUT2D eigenvalue weighted by molar-refractivity contribution is -0.127. The predicted octanol–water partition coefficient (Wildman–Crippen LogP) is 3.96. The average Bonchev–Trinajstić information content (AvgIpc) is 2.89. The highest BCUT2D eigenvalue weighted by molar-refractivity contribution is 6.28. The van der Waals surface area contributed by atoms with E-state index >= 15 is 0 Å². The molecule has 0 saturated heterocycles. The van der Waals surface area contributed by atoms with Gasteiger partial charge in [0.2, 0.25) is 5.91 Å². The van der Waals surface area contributed by atoms with Gasteiger partial charge in [-0.3, -0.25) is 9.59 Å². The number of hydrogen-bond acceptors (Lipinski definition) is 3. The molecule has 134 valence electrons. The van der Waals surface area contributed by atoms with Crippen LogP contribution in [0.1, 0.15) is 33.3 Å². The van der Waals surface area contributed by atoms with Crippen molar-refractivity contribution in [2.75, 3.05) is 10.3 Å². The molecular formula is C21H23N3O2. The molecule has 1 aliphatic heterocycles. The Bertz CT molecular complexity index is 866. The van der Waals surface area contributed by atoms with Gasteiger partial charge in [-0.1, -0.05) is 51.1 Å². The lowest BCUT2D eigenvalue weighted by Gasteiger charge is -2.20. The van der Waals surface area contributed by atoms with Crippen molar-refractivity contribution < 1.29 is 9.59 Å². The van der Waals surface area contributed by atoms with Crippen molar-refractivity contribution in [3.63, 3.8) is 0 Å². The zero-order valence-electron chi connectivity index (χ0n) is 15.5. The van der Waals surface area contributed by atoms with Gasteiger partial charge in [0.25, 0.3) is 5.91 Å². The Morgan fingerprint density at radius 1 is 1.08 bits per heavy atom. The van der Waals surface area contributed by atoms with E-state index in [1.807, 2.05) is 42.5 Å². The van der Waals surface area contributed by atoms with Crippen molar-refractivity contribution in [1.82, 2.24) is 0 Å². The largest absolute Gasteiger partial charge is 0.325 e. The Labute approximate surface area is 153 Å². The van der Waals surface area contributed by atoms with Crippen LogP contribution in [-0.2, 0) is 15.0 Å². The Balaban J connectivity index is 1.79. The molecule has 0 spiro atoms. The van der Waals surface area contributed by atoms with Gasteiger partial charge in [0.15, 0.2) is 5.92 Å². The second-order valence-corrected chi connectivity index (χ2v) is 7.48. The van der Waals surface area contributed by atoms with Gasteiger partial charge in [-0.25, -0.2) is 0 Å². The Hall–Kier alpha value is -2.95. The van der Waals surface area contributed by atoms with Crippen molar-refractivity contribution in [3.8, 4) is 0 Å². The normalized spacial score (nSPS) is 17.2. The van der Waals surface area contributed by atoms with Crippen molar-refractivity contribution in [2.24, 2.45) is 11.0 Å². The Kier molecular flexibility index (Phi) is 4.64. The zero-order chi connectivity index (χ0) is 18.9. The summed E-state index contributed by atoms with van der Waals surface area (Å²) in [4.78, 5) is 25.5. The molecule has 1 heterocycles. The van der Waals surface area contributed by atoms with E-state index in [0.29, 0.717) is 17.1 Å². The smallest absolute Gasteiger partial charge is 0.265 e. The van der Waals surface area contributed by atoms with Crippen LogP contribution in [0.5, 0.6) is 0 Å². The molecule has 0 aromatic heterocycles. The van der Waals surface area contributed by atoms with Crippen LogP contribution in [0.4, 0.5) is 11.4 Å². The first-order valence-electron chi connectivity index (χ1n) is 8.63. The monoisotopic (exact) mass is 349 g/mol. The maximum atomic E-state index is 12.7. The third kappa shape index (κ3) is 3.52. The number of benzene rings is 2. The highest BCUT2D eigenvalue weighted by atomic mass is 16.2. The molecule has 26 heavy (non-hydrogen) atoms. The van der Waals surface area contributed by atoms with E-state index in [-0.39, 0.29) is 17.2 Å². The van der Waals surface area contributed by atoms with Gasteiger partial charge in [0.1, 0.15) is 0 Å². The second-order valence-electron chi connectivity index (χ2n) is 7.48. The van der Waals surface area contributed by atoms with Gasteiger partial charge >= 0.3 is 0 Å². The van der Waals surface area contributed by atoms with Gasteiger partial charge in [-0.15, -0.1) is 0 Å². The number of amides is 2. The number of rotatable bonds is 3. The summed E-state index contributed by atoms with van der Waals surface area (Å²) in [5.41, 5.74) is 2.92. The maximum Gasteiger partial charge on any atom is 0.265 e. The molecule has 1 unspecified atom stereocenters. The van der Waals surface area contributed by atoms with Crippen LogP contribution in [-0.4, -0.2) is 17.5 Å². The SMILES string of the molecule is CC1=NN(c2ccccc2)C(=O)C1C(=O)Nc1cccc(C(C)(C)C)c1. The van der Waals surface area contributed by atoms with Gasteiger partial charge in [-0.05, 0) is 42.2 Å². The number of para-hydroxylation sites is 1. The van der Waals surface area contributed by atoms with Crippen LogP contribution in [0.25, 0.3) is 0 Å². The first kappa shape index (κ1) is 17.9. The fourth-order valence-electron chi connectivity index (χ4n) is 2.90. The van der Waals surface area contributed by atoms with Crippen LogP contribution in [0, 0.1) is 5.92 Å². The maximum absolute atomic E-state index is 12.7. The van der Waals surface area contributed by atoms with Crippen molar-refractivity contribution >= 4 is 28.9 Å². The molecule has 1 N–H and O–H groups in total. The van der Waals surface area contributed by atoms with Crippen LogP contribution in [0.15, 0.2) is 59.7 Å². The molecule has 5 heteroatoms. The molecule has 1 aliphatic rings. The Morgan fingerprint density at radius 3 is 2.42 bits per heavy atom. The molecule has 5 nitrogen and oxygen atoms in total. The number of nitrogens with zero attached hydrogens (tertiary/aromatic N) is 2. The number of anilines is 2. The van der Waals surface area contributed by atoms with E-state index in [9.17, 15) is 9.59 Å². The van der Waals surface area contributed by atoms with Crippen LogP contribution >= 0.6 is 0 Å². The number of hydrazone groups is 1. The summed E-state index contributed by atoms with van der Waals surface area (Å²) < 4.78 is 0. The summed E-state index contributed by atoms with van der Waals surface area (Å²) in [6.45, 7) is 8.05. The standard InChI is InChI=1S/C21H23N3O2/c1-14-18(20(26)24(23-14)17-11-6-5-7-12-17)19(25)22-16-10-8-9-15(13-16)21(2,3)4/h5-13,18H,1-4H3,(H,22,25). The van der Waals surface area contributed by atoms with Gasteiger partial charge in [-0.2, -0.15) is 10.1 Å². The molecule has 0 bridgehead atoms. The number of carbonyl (C=O) groups is 2. The molecule has 3 rings (SSSR count). The number of hydrogen-bond donors (Lipinski definition) is 1. The number of nitrogens with one attached hydrogen (secondary N) is 1. The molecule has 2 amide bonds. The summed E-state index contributed by atoms with van der Waals surface area (Å²) in [7, 11) is 0. The fourth-order valence-corrected chi connectivity index (χ4v) is 2.90. The predicted molar refractivity (Wildman–Crippen MR) is 104 cm³/mol. The highest BCUT2D eigenvalue weighted by Crippen LogP contribution is 2.27. The topological polar surface area (TPSA) is 61.8 Å². The van der Waals surface area contributed by atoms with E-state index in [4.69, 9.17) is 0 Å². The quantitative estimate of drug-likeness (QED) is 0.853. The third-order valence-electron chi connectivity index (χ3n) is 4.39. The fraction of sp³-hybridized carbons (Fsp3) is 0.286. The molecule has 0 saturated carbocycles. The lowest BCUT2D eigenvalue weighted by atomic mass is 9.87. The first-order chi connectivity index (χ1) is 12.3. The molecule has 0 aliphatic carbocycles. The van der Waals surface area contributed by atoms with E-state index < -0.39 is 5.92 Å². The van der Waals surface area contributed by atoms with Gasteiger partial charge in [0.05, 0.1) is 11.4 Å². The zero-order valence-corrected chi connectivity index (χ0v) is 15.5. The van der Waals surface area contributed by atoms with Crippen LogP contribution in [0.3, 0.4) is 0 Å². The summed E-state index contributed by atoms with van der Waals surface area (Å²) in [5.74, 6) is -1.60. The minimum absolute atomic E-state index is 0.0224. The number of carbonyl (C=O) groups excluding carboxylic acids is 2. The van der Waals surface area contributed by atoms with E-state index in [2.05, 4.69) is 31.2 Å². The van der Waals surface area contributed by atoms with Crippen LogP contribution < -0.4 is 10.3 Å². The van der Waals surface area contributed by atoms with Crippen molar-refractivity contribution in [3.05, 3.63) is 60.2 Å². The second kappa shape index (κ2) is 6.75. The van der Waals surface area contributed by atoms with Crippen molar-refractivity contribution in [1.29, 1.82) is 0 Å². The lowest BCUT2D eigenvalue weighted by Crippen LogP contribution is -2.36. The third-order valence-corrected chi connectivity index (χ3v) is 4.39. The molecule has 2 aromatic carbocycles. The average molecular weight is 349 g/mol. The minimum atomic E-state index is -0.909. The van der Waals surface area contributed by atoms with Crippen molar-refractivity contribution in [2.45, 2.75) is 33.1 Å². The minimum Gasteiger partial charge on any atom is -0.325 e. The first-order valence-corrected chi connectivity index (χ1v) is 8.63. The Morgan fingerprint density at radius 2 is 1.77 bits per heavy atom. The van der Waals surface area contributed by atoms with E-state index in [1.165, 1.54) is 5.01 Å². The summed E-state index contributed by atoms with van der Waals surface area (Å²) in [5, 5.41) is 8.44. The molecule has 0 radical (unpaired) electrons. The molecule has 2 aromatic rings. The van der Waals surface area contributed by atoms with Gasteiger partial charge < -0.3 is 5.32 Å². The molecule has 1 atom stereocenters. The molecule has 0 fully saturated rings. The van der Waals surface area contributed by atoms with Gasteiger partial charge in [0, 0.05) is 5.69 Å².